The standard InChI is InChI=1S/C21H21ClF2O/c22-19-12-18(23)13-20(24)21(19)17-8-6-15(7-9-17)10-11-25-14-16-4-2-1-3-5-16/h1-5,8,12-13,15H,6-7,9-11,14H2. The third-order valence-electron chi connectivity index (χ3n) is 4.63. The predicted molar refractivity (Wildman–Crippen MR) is 97.4 cm³/mol. The summed E-state index contributed by atoms with van der Waals surface area (Å²) in [7, 11) is 0. The summed E-state index contributed by atoms with van der Waals surface area (Å²) in [5.74, 6) is -0.696. The average Bonchev–Trinajstić information content (AvgIpc) is 2.60. The molecule has 0 aromatic heterocycles. The highest BCUT2D eigenvalue weighted by atomic mass is 35.5. The average molecular weight is 363 g/mol. The van der Waals surface area contributed by atoms with Crippen LogP contribution in [0.4, 0.5) is 8.78 Å². The molecule has 0 N–H and O–H groups in total. The predicted octanol–water partition coefficient (Wildman–Crippen LogP) is 6.41. The fourth-order valence-electron chi connectivity index (χ4n) is 3.24. The van der Waals surface area contributed by atoms with Crippen molar-refractivity contribution in [2.45, 2.75) is 32.3 Å². The Bertz CT molecular complexity index is 720. The summed E-state index contributed by atoms with van der Waals surface area (Å²) in [6, 6.07) is 12.2. The minimum absolute atomic E-state index is 0.147. The van der Waals surface area contributed by atoms with Crippen LogP contribution in [0.3, 0.4) is 0 Å². The smallest absolute Gasteiger partial charge is 0.135 e. The molecule has 2 aromatic carbocycles. The van der Waals surface area contributed by atoms with E-state index in [0.717, 1.165) is 37.3 Å². The van der Waals surface area contributed by atoms with Crippen LogP contribution in [-0.2, 0) is 11.3 Å². The lowest BCUT2D eigenvalue weighted by molar-refractivity contribution is 0.106. The fourth-order valence-corrected chi connectivity index (χ4v) is 3.56. The third kappa shape index (κ3) is 4.90. The number of halogens is 3. The highest BCUT2D eigenvalue weighted by molar-refractivity contribution is 6.32. The van der Waals surface area contributed by atoms with E-state index < -0.39 is 11.6 Å². The van der Waals surface area contributed by atoms with E-state index in [2.05, 4.69) is 12.1 Å². The first-order valence-electron chi connectivity index (χ1n) is 8.59. The van der Waals surface area contributed by atoms with Crippen LogP contribution in [0.2, 0.25) is 5.02 Å². The second-order valence-corrected chi connectivity index (χ2v) is 6.85. The largest absolute Gasteiger partial charge is 0.377 e. The van der Waals surface area contributed by atoms with Gasteiger partial charge in [-0.2, -0.15) is 0 Å². The summed E-state index contributed by atoms with van der Waals surface area (Å²) in [6.07, 6.45) is 5.61. The molecule has 1 aliphatic carbocycles. The van der Waals surface area contributed by atoms with E-state index in [0.29, 0.717) is 24.7 Å². The number of rotatable bonds is 6. The van der Waals surface area contributed by atoms with Gasteiger partial charge in [0.1, 0.15) is 11.6 Å². The first-order valence-corrected chi connectivity index (χ1v) is 8.97. The molecular formula is C21H21ClF2O. The van der Waals surface area contributed by atoms with E-state index in [1.807, 2.05) is 24.3 Å². The molecule has 132 valence electrons. The lowest BCUT2D eigenvalue weighted by atomic mass is 9.85. The molecule has 0 radical (unpaired) electrons. The normalized spacial score (nSPS) is 17.4. The summed E-state index contributed by atoms with van der Waals surface area (Å²) in [4.78, 5) is 0. The maximum absolute atomic E-state index is 14.0. The Labute approximate surface area is 152 Å². The molecule has 1 atom stereocenters. The van der Waals surface area contributed by atoms with Crippen molar-refractivity contribution in [2.24, 2.45) is 5.92 Å². The molecule has 25 heavy (non-hydrogen) atoms. The lowest BCUT2D eigenvalue weighted by Gasteiger charge is -2.23. The maximum atomic E-state index is 14.0. The molecule has 0 saturated carbocycles. The quantitative estimate of drug-likeness (QED) is 0.539. The van der Waals surface area contributed by atoms with Gasteiger partial charge in [-0.05, 0) is 48.8 Å². The second-order valence-electron chi connectivity index (χ2n) is 6.44. The molecule has 4 heteroatoms. The molecule has 0 amide bonds. The SMILES string of the molecule is Fc1cc(F)c(C2=CCC(CCOCc3ccccc3)CC2)c(Cl)c1. The lowest BCUT2D eigenvalue weighted by Crippen LogP contribution is -2.10. The van der Waals surface area contributed by atoms with Crippen molar-refractivity contribution >= 4 is 17.2 Å². The maximum Gasteiger partial charge on any atom is 0.135 e. The molecule has 0 spiro atoms. The van der Waals surface area contributed by atoms with Crippen molar-refractivity contribution < 1.29 is 13.5 Å². The van der Waals surface area contributed by atoms with Crippen molar-refractivity contribution in [1.29, 1.82) is 0 Å². The zero-order valence-electron chi connectivity index (χ0n) is 14.0. The summed E-state index contributed by atoms with van der Waals surface area (Å²) in [5.41, 5.74) is 2.40. The van der Waals surface area contributed by atoms with Gasteiger partial charge in [0.25, 0.3) is 0 Å². The van der Waals surface area contributed by atoms with Crippen LogP contribution >= 0.6 is 11.6 Å². The van der Waals surface area contributed by atoms with E-state index in [1.165, 1.54) is 11.6 Å². The van der Waals surface area contributed by atoms with Gasteiger partial charge >= 0.3 is 0 Å². The Balaban J connectivity index is 1.49. The molecule has 2 aromatic rings. The molecule has 3 rings (SSSR count). The van der Waals surface area contributed by atoms with Crippen molar-refractivity contribution in [3.05, 3.63) is 76.3 Å². The van der Waals surface area contributed by atoms with E-state index in [-0.39, 0.29) is 5.02 Å². The highest BCUT2D eigenvalue weighted by Gasteiger charge is 2.20. The Kier molecular flexibility index (Phi) is 6.22. The molecule has 1 nitrogen and oxygen atoms in total. The van der Waals surface area contributed by atoms with Gasteiger partial charge < -0.3 is 4.74 Å². The van der Waals surface area contributed by atoms with Crippen LogP contribution in [0.25, 0.3) is 5.57 Å². The minimum Gasteiger partial charge on any atom is -0.377 e. The van der Waals surface area contributed by atoms with Gasteiger partial charge in [-0.25, -0.2) is 8.78 Å². The topological polar surface area (TPSA) is 9.23 Å². The molecule has 0 fully saturated rings. The monoisotopic (exact) mass is 362 g/mol. The Hall–Kier alpha value is -1.71. The molecule has 1 aliphatic rings. The van der Waals surface area contributed by atoms with E-state index in [9.17, 15) is 8.78 Å². The molecule has 0 saturated heterocycles. The number of allylic oxidation sites excluding steroid dienone is 2. The number of hydrogen-bond acceptors (Lipinski definition) is 1. The Morgan fingerprint density at radius 3 is 2.60 bits per heavy atom. The van der Waals surface area contributed by atoms with Crippen LogP contribution < -0.4 is 0 Å². The minimum atomic E-state index is -0.642. The molecule has 1 unspecified atom stereocenters. The Morgan fingerprint density at radius 1 is 1.12 bits per heavy atom. The number of benzene rings is 2. The van der Waals surface area contributed by atoms with E-state index in [4.69, 9.17) is 16.3 Å². The van der Waals surface area contributed by atoms with E-state index >= 15 is 0 Å². The summed E-state index contributed by atoms with van der Waals surface area (Å²) in [6.45, 7) is 1.35. The number of hydrogen-bond donors (Lipinski definition) is 0. The van der Waals surface area contributed by atoms with Crippen molar-refractivity contribution in [3.8, 4) is 0 Å². The van der Waals surface area contributed by atoms with E-state index in [1.54, 1.807) is 0 Å². The van der Waals surface area contributed by atoms with Gasteiger partial charge in [0.2, 0.25) is 0 Å². The van der Waals surface area contributed by atoms with Crippen LogP contribution in [0, 0.1) is 17.6 Å². The van der Waals surface area contributed by atoms with Gasteiger partial charge in [0.15, 0.2) is 0 Å². The Morgan fingerprint density at radius 2 is 1.92 bits per heavy atom. The van der Waals surface area contributed by atoms with Crippen molar-refractivity contribution in [2.75, 3.05) is 6.61 Å². The zero-order valence-corrected chi connectivity index (χ0v) is 14.7. The molecule has 0 bridgehead atoms. The summed E-state index contributed by atoms with van der Waals surface area (Å²) >= 11 is 6.02. The van der Waals surface area contributed by atoms with Crippen LogP contribution in [-0.4, -0.2) is 6.61 Å². The second kappa shape index (κ2) is 8.59. The van der Waals surface area contributed by atoms with Crippen molar-refractivity contribution in [1.82, 2.24) is 0 Å². The first-order chi connectivity index (χ1) is 12.1. The van der Waals surface area contributed by atoms with Gasteiger partial charge in [-0.15, -0.1) is 0 Å². The molecule has 0 heterocycles. The number of ether oxygens (including phenoxy) is 1. The third-order valence-corrected chi connectivity index (χ3v) is 4.93. The van der Waals surface area contributed by atoms with Gasteiger partial charge in [0, 0.05) is 18.2 Å². The summed E-state index contributed by atoms with van der Waals surface area (Å²) < 4.78 is 32.9. The fraction of sp³-hybridized carbons (Fsp3) is 0.333. The molecular weight excluding hydrogens is 342 g/mol. The van der Waals surface area contributed by atoms with Crippen LogP contribution in [0.1, 0.15) is 36.8 Å². The van der Waals surface area contributed by atoms with Gasteiger partial charge in [-0.3, -0.25) is 0 Å². The first kappa shape index (κ1) is 18.1. The highest BCUT2D eigenvalue weighted by Crippen LogP contribution is 2.36. The van der Waals surface area contributed by atoms with Gasteiger partial charge in [-0.1, -0.05) is 48.0 Å². The zero-order chi connectivity index (χ0) is 17.6. The van der Waals surface area contributed by atoms with Crippen molar-refractivity contribution in [3.63, 3.8) is 0 Å². The van der Waals surface area contributed by atoms with Crippen LogP contribution in [0.5, 0.6) is 0 Å². The molecule has 0 aliphatic heterocycles. The van der Waals surface area contributed by atoms with Crippen LogP contribution in [0.15, 0.2) is 48.5 Å². The van der Waals surface area contributed by atoms with Gasteiger partial charge in [0.05, 0.1) is 11.6 Å². The summed E-state index contributed by atoms with van der Waals surface area (Å²) in [5, 5.41) is 0.147.